The molecule has 1 fully saturated rings. The first-order valence-electron chi connectivity index (χ1n) is 6.54. The van der Waals surface area contributed by atoms with Gasteiger partial charge in [-0.25, -0.2) is 4.79 Å². The minimum Gasteiger partial charge on any atom is -0.444 e. The highest BCUT2D eigenvalue weighted by molar-refractivity contribution is 7.80. The van der Waals surface area contributed by atoms with Crippen molar-refractivity contribution in [1.82, 2.24) is 4.90 Å². The summed E-state index contributed by atoms with van der Waals surface area (Å²) in [6.07, 6.45) is 3.68. The number of hydrogen-bond acceptors (Lipinski definition) is 3. The molecule has 4 nitrogen and oxygen atoms in total. The van der Waals surface area contributed by atoms with Crippen LogP contribution in [0.5, 0.6) is 0 Å². The molecule has 0 radical (unpaired) electrons. The highest BCUT2D eigenvalue weighted by Crippen LogP contribution is 2.23. The van der Waals surface area contributed by atoms with E-state index in [4.69, 9.17) is 22.7 Å². The van der Waals surface area contributed by atoms with E-state index >= 15 is 0 Å². The van der Waals surface area contributed by atoms with Crippen LogP contribution in [0.2, 0.25) is 0 Å². The molecule has 5 heteroatoms. The molecule has 0 saturated carbocycles. The Morgan fingerprint density at radius 1 is 1.39 bits per heavy atom. The fourth-order valence-electron chi connectivity index (χ4n) is 2.08. The molecule has 18 heavy (non-hydrogen) atoms. The largest absolute Gasteiger partial charge is 0.444 e. The number of rotatable bonds is 3. The van der Waals surface area contributed by atoms with Crippen molar-refractivity contribution in [3.8, 4) is 0 Å². The summed E-state index contributed by atoms with van der Waals surface area (Å²) in [6, 6.07) is 0. The van der Waals surface area contributed by atoms with Crippen LogP contribution in [0.3, 0.4) is 0 Å². The molecule has 0 atom stereocenters. The van der Waals surface area contributed by atoms with E-state index in [-0.39, 0.29) is 6.09 Å². The molecule has 1 saturated heterocycles. The molecular weight excluding hydrogens is 248 g/mol. The van der Waals surface area contributed by atoms with Crippen LogP contribution < -0.4 is 5.73 Å². The van der Waals surface area contributed by atoms with Crippen LogP contribution in [0.15, 0.2) is 0 Å². The van der Waals surface area contributed by atoms with E-state index in [9.17, 15) is 4.79 Å². The molecule has 104 valence electrons. The molecule has 0 unspecified atom stereocenters. The summed E-state index contributed by atoms with van der Waals surface area (Å²) in [7, 11) is 0. The molecule has 1 rings (SSSR count). The molecule has 1 aliphatic heterocycles. The number of thiocarbonyl (C=S) groups is 1. The van der Waals surface area contributed by atoms with Crippen LogP contribution in [-0.2, 0) is 4.74 Å². The lowest BCUT2D eigenvalue weighted by atomic mass is 9.92. The number of piperidine rings is 1. The van der Waals surface area contributed by atoms with Crippen molar-refractivity contribution in [3.63, 3.8) is 0 Å². The first kappa shape index (κ1) is 15.2. The van der Waals surface area contributed by atoms with E-state index in [2.05, 4.69) is 0 Å². The molecule has 1 aliphatic rings. The molecule has 0 bridgehead atoms. The molecule has 1 heterocycles. The summed E-state index contributed by atoms with van der Waals surface area (Å²) in [4.78, 5) is 14.2. The van der Waals surface area contributed by atoms with Crippen molar-refractivity contribution in [3.05, 3.63) is 0 Å². The third kappa shape index (κ3) is 5.67. The monoisotopic (exact) mass is 272 g/mol. The fourth-order valence-corrected chi connectivity index (χ4v) is 2.19. The van der Waals surface area contributed by atoms with Crippen molar-refractivity contribution in [2.75, 3.05) is 13.1 Å². The van der Waals surface area contributed by atoms with Crippen molar-refractivity contribution >= 4 is 23.3 Å². The van der Waals surface area contributed by atoms with Crippen LogP contribution in [-0.4, -0.2) is 34.7 Å². The maximum Gasteiger partial charge on any atom is 0.410 e. The third-order valence-corrected chi connectivity index (χ3v) is 3.27. The lowest BCUT2D eigenvalue weighted by molar-refractivity contribution is 0.0182. The highest BCUT2D eigenvalue weighted by Gasteiger charge is 2.26. The molecule has 0 aromatic carbocycles. The minimum atomic E-state index is -0.417. The van der Waals surface area contributed by atoms with Crippen molar-refractivity contribution in [2.45, 2.75) is 52.1 Å². The SMILES string of the molecule is CC(C)(C)OC(=O)N1CCC(CCC(N)=S)CC1. The Morgan fingerprint density at radius 3 is 2.39 bits per heavy atom. The zero-order chi connectivity index (χ0) is 13.8. The quantitative estimate of drug-likeness (QED) is 0.803. The fraction of sp³-hybridized carbons (Fsp3) is 0.846. The standard InChI is InChI=1S/C13H24N2O2S/c1-13(2,3)17-12(16)15-8-6-10(7-9-15)4-5-11(14)18/h10H,4-9H2,1-3H3,(H2,14,18). The van der Waals surface area contributed by atoms with Gasteiger partial charge in [0.15, 0.2) is 0 Å². The number of carbonyl (C=O) groups is 1. The van der Waals surface area contributed by atoms with Gasteiger partial charge in [-0.3, -0.25) is 0 Å². The van der Waals surface area contributed by atoms with Crippen LogP contribution >= 0.6 is 12.2 Å². The van der Waals surface area contributed by atoms with E-state index in [0.29, 0.717) is 10.9 Å². The molecule has 0 aromatic rings. The second kappa shape index (κ2) is 6.36. The Bertz CT molecular complexity index is 305. The van der Waals surface area contributed by atoms with Crippen LogP contribution in [0.1, 0.15) is 46.5 Å². The Hall–Kier alpha value is -0.840. The summed E-state index contributed by atoms with van der Waals surface area (Å²) < 4.78 is 5.36. The Balaban J connectivity index is 2.30. The van der Waals surface area contributed by atoms with E-state index in [1.165, 1.54) is 0 Å². The van der Waals surface area contributed by atoms with Gasteiger partial charge in [-0.05, 0) is 52.4 Å². The number of carbonyl (C=O) groups excluding carboxylic acids is 1. The van der Waals surface area contributed by atoms with E-state index in [1.54, 1.807) is 4.90 Å². The number of likely N-dealkylation sites (tertiary alicyclic amines) is 1. The maximum absolute atomic E-state index is 11.8. The van der Waals surface area contributed by atoms with Crippen LogP contribution in [0.4, 0.5) is 4.79 Å². The summed E-state index contributed by atoms with van der Waals surface area (Å²) in [6.45, 7) is 7.22. The zero-order valence-corrected chi connectivity index (χ0v) is 12.4. The number of nitrogens with two attached hydrogens (primary N) is 1. The summed E-state index contributed by atoms with van der Waals surface area (Å²) in [5.74, 6) is 0.630. The molecule has 2 N–H and O–H groups in total. The first-order valence-corrected chi connectivity index (χ1v) is 6.95. The van der Waals surface area contributed by atoms with Gasteiger partial charge in [0.2, 0.25) is 0 Å². The summed E-state index contributed by atoms with van der Waals surface area (Å²) in [5.41, 5.74) is 5.08. The number of amides is 1. The lowest BCUT2D eigenvalue weighted by Crippen LogP contribution is -2.41. The minimum absolute atomic E-state index is 0.199. The van der Waals surface area contributed by atoms with Gasteiger partial charge in [-0.15, -0.1) is 0 Å². The Kier molecular flexibility index (Phi) is 5.38. The van der Waals surface area contributed by atoms with Gasteiger partial charge in [-0.2, -0.15) is 0 Å². The van der Waals surface area contributed by atoms with Crippen molar-refractivity contribution in [2.24, 2.45) is 11.7 Å². The Labute approximate surface area is 115 Å². The normalized spacial score (nSPS) is 17.6. The average Bonchev–Trinajstić information content (AvgIpc) is 2.24. The lowest BCUT2D eigenvalue weighted by Gasteiger charge is -2.33. The smallest absolute Gasteiger partial charge is 0.410 e. The summed E-state index contributed by atoms with van der Waals surface area (Å²) in [5, 5.41) is 0. The summed E-state index contributed by atoms with van der Waals surface area (Å²) >= 11 is 4.88. The van der Waals surface area contributed by atoms with E-state index in [1.807, 2.05) is 20.8 Å². The Morgan fingerprint density at radius 2 is 1.94 bits per heavy atom. The van der Waals surface area contributed by atoms with Crippen LogP contribution in [0, 0.1) is 5.92 Å². The number of ether oxygens (including phenoxy) is 1. The second-order valence-corrected chi connectivity index (χ2v) is 6.44. The third-order valence-electron chi connectivity index (χ3n) is 3.07. The van der Waals surface area contributed by atoms with E-state index < -0.39 is 5.60 Å². The molecule has 1 amide bonds. The topological polar surface area (TPSA) is 55.6 Å². The number of nitrogens with zero attached hydrogens (tertiary/aromatic N) is 1. The molecule has 0 spiro atoms. The van der Waals surface area contributed by atoms with Gasteiger partial charge in [0.05, 0.1) is 4.99 Å². The average molecular weight is 272 g/mol. The molecule has 0 aliphatic carbocycles. The predicted octanol–water partition coefficient (Wildman–Crippen LogP) is 2.70. The molecule has 0 aromatic heterocycles. The van der Waals surface area contributed by atoms with Gasteiger partial charge < -0.3 is 15.4 Å². The van der Waals surface area contributed by atoms with Crippen LogP contribution in [0.25, 0.3) is 0 Å². The highest BCUT2D eigenvalue weighted by atomic mass is 32.1. The van der Waals surface area contributed by atoms with Gasteiger partial charge in [0, 0.05) is 13.1 Å². The van der Waals surface area contributed by atoms with Gasteiger partial charge >= 0.3 is 6.09 Å². The van der Waals surface area contributed by atoms with Gasteiger partial charge in [0.1, 0.15) is 5.60 Å². The first-order chi connectivity index (χ1) is 8.28. The van der Waals surface area contributed by atoms with Crippen molar-refractivity contribution in [1.29, 1.82) is 0 Å². The second-order valence-electron chi connectivity index (χ2n) is 5.92. The van der Waals surface area contributed by atoms with Gasteiger partial charge in [0.25, 0.3) is 0 Å². The predicted molar refractivity (Wildman–Crippen MR) is 76.6 cm³/mol. The van der Waals surface area contributed by atoms with E-state index in [0.717, 1.165) is 38.8 Å². The number of hydrogen-bond donors (Lipinski definition) is 1. The van der Waals surface area contributed by atoms with Crippen molar-refractivity contribution < 1.29 is 9.53 Å². The van der Waals surface area contributed by atoms with Gasteiger partial charge in [-0.1, -0.05) is 12.2 Å². The molecular formula is C13H24N2O2S. The zero-order valence-electron chi connectivity index (χ0n) is 11.6. The maximum atomic E-state index is 11.8.